The summed E-state index contributed by atoms with van der Waals surface area (Å²) in [6.07, 6.45) is 3.75. The second kappa shape index (κ2) is 9.31. The number of aryl methyl sites for hydroxylation is 1. The van der Waals surface area contributed by atoms with E-state index in [0.717, 1.165) is 44.8 Å². The summed E-state index contributed by atoms with van der Waals surface area (Å²) < 4.78 is 0. The van der Waals surface area contributed by atoms with Gasteiger partial charge in [-0.05, 0) is 66.3 Å². The predicted octanol–water partition coefficient (Wildman–Crippen LogP) is 4.60. The number of rotatable bonds is 6. The first kappa shape index (κ1) is 21.7. The minimum absolute atomic E-state index is 0.806. The zero-order chi connectivity index (χ0) is 21.8. The maximum atomic E-state index is 10.2. The summed E-state index contributed by atoms with van der Waals surface area (Å²) in [6.45, 7) is 12.3. The van der Waals surface area contributed by atoms with E-state index in [1.807, 2.05) is 38.4 Å². The van der Waals surface area contributed by atoms with Crippen molar-refractivity contribution in [3.63, 3.8) is 0 Å². The van der Waals surface area contributed by atoms with Crippen LogP contribution in [-0.4, -0.2) is 46.1 Å². The Hall–Kier alpha value is -2.53. The van der Waals surface area contributed by atoms with E-state index in [1.165, 1.54) is 27.8 Å². The van der Waals surface area contributed by atoms with Gasteiger partial charge in [0.2, 0.25) is 0 Å². The fraction of sp³-hybridized carbons (Fsp3) is 0.370. The summed E-state index contributed by atoms with van der Waals surface area (Å²) in [5, 5.41) is 10.2. The molecule has 0 radical (unpaired) electrons. The number of hydrogen-bond acceptors (Lipinski definition) is 4. The second-order valence-electron chi connectivity index (χ2n) is 9.19. The van der Waals surface area contributed by atoms with Crippen LogP contribution >= 0.6 is 0 Å². The van der Waals surface area contributed by atoms with Crippen molar-refractivity contribution in [3.05, 3.63) is 89.2 Å². The van der Waals surface area contributed by atoms with Gasteiger partial charge < -0.3 is 5.11 Å². The summed E-state index contributed by atoms with van der Waals surface area (Å²) in [4.78, 5) is 9.18. The maximum absolute atomic E-state index is 10.2. The SMILES string of the molecule is Cc1cc(CN2CCN(Cc3ccncc3)CC2)ccc1-c1ccc(C(C)(C)O)cc1. The highest BCUT2D eigenvalue weighted by Gasteiger charge is 2.18. The predicted molar refractivity (Wildman–Crippen MR) is 127 cm³/mol. The molecule has 31 heavy (non-hydrogen) atoms. The summed E-state index contributed by atoms with van der Waals surface area (Å²) in [7, 11) is 0. The molecule has 1 aromatic heterocycles. The first-order chi connectivity index (χ1) is 14.9. The lowest BCUT2D eigenvalue weighted by molar-refractivity contribution is 0.0786. The number of piperazine rings is 1. The van der Waals surface area contributed by atoms with Gasteiger partial charge >= 0.3 is 0 Å². The molecule has 0 amide bonds. The Balaban J connectivity index is 1.35. The Bertz CT molecular complexity index is 985. The van der Waals surface area contributed by atoms with Gasteiger partial charge in [-0.25, -0.2) is 0 Å². The molecule has 3 aromatic rings. The highest BCUT2D eigenvalue weighted by molar-refractivity contribution is 5.68. The molecule has 4 heteroatoms. The second-order valence-corrected chi connectivity index (χ2v) is 9.19. The smallest absolute Gasteiger partial charge is 0.0840 e. The third kappa shape index (κ3) is 5.59. The molecule has 0 bridgehead atoms. The standard InChI is InChI=1S/C27H33N3O/c1-21-18-23(4-9-26(21)24-5-7-25(8-6-24)27(2,3)31)20-30-16-14-29(15-17-30)19-22-10-12-28-13-11-22/h4-13,18,31H,14-17,19-20H2,1-3H3. The van der Waals surface area contributed by atoms with Crippen LogP contribution in [0.5, 0.6) is 0 Å². The number of aliphatic hydroxyl groups is 1. The maximum Gasteiger partial charge on any atom is 0.0840 e. The topological polar surface area (TPSA) is 39.6 Å². The molecule has 0 saturated carbocycles. The molecule has 2 aromatic carbocycles. The van der Waals surface area contributed by atoms with Crippen LogP contribution in [0.1, 0.15) is 36.1 Å². The van der Waals surface area contributed by atoms with Gasteiger partial charge in [-0.15, -0.1) is 0 Å². The number of benzene rings is 2. The van der Waals surface area contributed by atoms with E-state index >= 15 is 0 Å². The Kier molecular flexibility index (Phi) is 6.51. The quantitative estimate of drug-likeness (QED) is 0.639. The molecule has 1 aliphatic rings. The van der Waals surface area contributed by atoms with Crippen LogP contribution in [0.2, 0.25) is 0 Å². The van der Waals surface area contributed by atoms with Crippen LogP contribution in [0, 0.1) is 6.92 Å². The fourth-order valence-corrected chi connectivity index (χ4v) is 4.32. The van der Waals surface area contributed by atoms with Gasteiger partial charge in [0.25, 0.3) is 0 Å². The first-order valence-corrected chi connectivity index (χ1v) is 11.1. The normalized spacial score (nSPS) is 15.9. The van der Waals surface area contributed by atoms with E-state index in [9.17, 15) is 5.11 Å². The molecule has 0 spiro atoms. The molecular formula is C27H33N3O. The lowest BCUT2D eigenvalue weighted by Gasteiger charge is -2.34. The van der Waals surface area contributed by atoms with E-state index in [2.05, 4.69) is 64.2 Å². The number of pyridine rings is 1. The van der Waals surface area contributed by atoms with Crippen molar-refractivity contribution in [2.45, 2.75) is 39.5 Å². The molecule has 162 valence electrons. The van der Waals surface area contributed by atoms with Crippen molar-refractivity contribution in [3.8, 4) is 11.1 Å². The van der Waals surface area contributed by atoms with Crippen LogP contribution in [0.25, 0.3) is 11.1 Å². The first-order valence-electron chi connectivity index (χ1n) is 11.1. The number of hydrogen-bond donors (Lipinski definition) is 1. The molecule has 1 saturated heterocycles. The number of aromatic nitrogens is 1. The van der Waals surface area contributed by atoms with Crippen LogP contribution in [0.4, 0.5) is 0 Å². The molecule has 1 fully saturated rings. The van der Waals surface area contributed by atoms with Gasteiger partial charge in [0.15, 0.2) is 0 Å². The Morgan fingerprint density at radius 3 is 1.94 bits per heavy atom. The molecule has 0 unspecified atom stereocenters. The summed E-state index contributed by atoms with van der Waals surface area (Å²) in [5.41, 5.74) is 6.59. The van der Waals surface area contributed by atoms with Gasteiger partial charge in [-0.3, -0.25) is 14.8 Å². The molecule has 1 N–H and O–H groups in total. The van der Waals surface area contributed by atoms with Crippen LogP contribution in [0.3, 0.4) is 0 Å². The van der Waals surface area contributed by atoms with Crippen LogP contribution in [-0.2, 0) is 18.7 Å². The van der Waals surface area contributed by atoms with Crippen molar-refractivity contribution >= 4 is 0 Å². The third-order valence-electron chi connectivity index (χ3n) is 6.22. The van der Waals surface area contributed by atoms with Crippen molar-refractivity contribution < 1.29 is 5.11 Å². The minimum Gasteiger partial charge on any atom is -0.386 e. The Morgan fingerprint density at radius 2 is 1.39 bits per heavy atom. The number of nitrogens with zero attached hydrogens (tertiary/aromatic N) is 3. The lowest BCUT2D eigenvalue weighted by atomic mass is 9.93. The highest BCUT2D eigenvalue weighted by Crippen LogP contribution is 2.28. The molecule has 0 atom stereocenters. The average molecular weight is 416 g/mol. The molecule has 2 heterocycles. The van der Waals surface area contributed by atoms with Crippen molar-refractivity contribution in [2.75, 3.05) is 26.2 Å². The monoisotopic (exact) mass is 415 g/mol. The highest BCUT2D eigenvalue weighted by atomic mass is 16.3. The molecular weight excluding hydrogens is 382 g/mol. The third-order valence-corrected chi connectivity index (χ3v) is 6.22. The summed E-state index contributed by atoms with van der Waals surface area (Å²) in [6, 6.07) is 19.3. The van der Waals surface area contributed by atoms with Gasteiger partial charge in [0, 0.05) is 51.7 Å². The van der Waals surface area contributed by atoms with E-state index in [0.29, 0.717) is 0 Å². The largest absolute Gasteiger partial charge is 0.386 e. The van der Waals surface area contributed by atoms with E-state index in [1.54, 1.807) is 0 Å². The zero-order valence-corrected chi connectivity index (χ0v) is 18.9. The molecule has 1 aliphatic heterocycles. The van der Waals surface area contributed by atoms with Gasteiger partial charge in [0.05, 0.1) is 5.60 Å². The van der Waals surface area contributed by atoms with E-state index < -0.39 is 5.60 Å². The van der Waals surface area contributed by atoms with Crippen LogP contribution in [0.15, 0.2) is 67.0 Å². The zero-order valence-electron chi connectivity index (χ0n) is 18.9. The van der Waals surface area contributed by atoms with Gasteiger partial charge in [-0.1, -0.05) is 42.5 Å². The molecule has 0 aliphatic carbocycles. The van der Waals surface area contributed by atoms with Crippen molar-refractivity contribution in [1.82, 2.24) is 14.8 Å². The van der Waals surface area contributed by atoms with E-state index in [4.69, 9.17) is 0 Å². The van der Waals surface area contributed by atoms with E-state index in [-0.39, 0.29) is 0 Å². The van der Waals surface area contributed by atoms with Crippen molar-refractivity contribution in [1.29, 1.82) is 0 Å². The molecule has 4 rings (SSSR count). The average Bonchev–Trinajstić information content (AvgIpc) is 2.76. The lowest BCUT2D eigenvalue weighted by Crippen LogP contribution is -2.45. The minimum atomic E-state index is -0.806. The van der Waals surface area contributed by atoms with Gasteiger partial charge in [0.1, 0.15) is 0 Å². The van der Waals surface area contributed by atoms with Crippen molar-refractivity contribution in [2.24, 2.45) is 0 Å². The summed E-state index contributed by atoms with van der Waals surface area (Å²) in [5.74, 6) is 0. The van der Waals surface area contributed by atoms with Gasteiger partial charge in [-0.2, -0.15) is 0 Å². The Morgan fingerprint density at radius 1 is 0.806 bits per heavy atom. The Labute approximate surface area is 186 Å². The summed E-state index contributed by atoms with van der Waals surface area (Å²) >= 11 is 0. The fourth-order valence-electron chi connectivity index (χ4n) is 4.32. The molecule has 4 nitrogen and oxygen atoms in total. The van der Waals surface area contributed by atoms with Crippen LogP contribution < -0.4 is 0 Å².